The summed E-state index contributed by atoms with van der Waals surface area (Å²) in [6.07, 6.45) is 0.379. The first-order valence-electron chi connectivity index (χ1n) is 9.05. The van der Waals surface area contributed by atoms with Gasteiger partial charge in [0.25, 0.3) is 0 Å². The number of rotatable bonds is 7. The van der Waals surface area contributed by atoms with Crippen LogP contribution in [0.1, 0.15) is 13.3 Å². The number of anilines is 1. The van der Waals surface area contributed by atoms with Gasteiger partial charge in [-0.3, -0.25) is 9.59 Å². The summed E-state index contributed by atoms with van der Waals surface area (Å²) in [7, 11) is 3.95. The van der Waals surface area contributed by atoms with Gasteiger partial charge in [0, 0.05) is 69.9 Å². The second-order valence-electron chi connectivity index (χ2n) is 6.91. The molecule has 0 saturated carbocycles. The number of nitrogens with zero attached hydrogens (tertiary/aromatic N) is 4. The summed E-state index contributed by atoms with van der Waals surface area (Å²) in [4.78, 5) is 32.2. The molecule has 1 heterocycles. The van der Waals surface area contributed by atoms with Crippen LogP contribution in [0.15, 0.2) is 24.3 Å². The quantitative estimate of drug-likeness (QED) is 0.723. The molecular formula is C19H29ClN4O2. The van der Waals surface area contributed by atoms with E-state index in [-0.39, 0.29) is 11.8 Å². The molecule has 0 spiro atoms. The SMILES string of the molecule is CC(=O)N(CCC(=O)N1CCN(c2cccc(Cl)c2)CC1)CCN(C)C. The summed E-state index contributed by atoms with van der Waals surface area (Å²) >= 11 is 6.06. The van der Waals surface area contributed by atoms with Crippen molar-refractivity contribution in [3.63, 3.8) is 0 Å². The molecule has 7 heteroatoms. The van der Waals surface area contributed by atoms with Gasteiger partial charge >= 0.3 is 0 Å². The maximum absolute atomic E-state index is 12.5. The highest BCUT2D eigenvalue weighted by Gasteiger charge is 2.22. The Labute approximate surface area is 161 Å². The van der Waals surface area contributed by atoms with Crippen molar-refractivity contribution in [1.29, 1.82) is 0 Å². The van der Waals surface area contributed by atoms with Gasteiger partial charge in [0.1, 0.15) is 0 Å². The van der Waals surface area contributed by atoms with Crippen molar-refractivity contribution in [3.8, 4) is 0 Å². The maximum atomic E-state index is 12.5. The molecule has 1 aromatic carbocycles. The molecule has 1 aromatic rings. The number of amides is 2. The number of piperazine rings is 1. The van der Waals surface area contributed by atoms with Gasteiger partial charge in [0.15, 0.2) is 0 Å². The highest BCUT2D eigenvalue weighted by molar-refractivity contribution is 6.30. The van der Waals surface area contributed by atoms with Gasteiger partial charge in [-0.05, 0) is 32.3 Å². The van der Waals surface area contributed by atoms with Crippen molar-refractivity contribution in [2.75, 3.05) is 64.8 Å². The van der Waals surface area contributed by atoms with Crippen molar-refractivity contribution in [1.82, 2.24) is 14.7 Å². The van der Waals surface area contributed by atoms with Crippen molar-refractivity contribution < 1.29 is 9.59 Å². The third-order valence-corrected chi connectivity index (χ3v) is 4.90. The minimum atomic E-state index is 0.0189. The molecule has 0 unspecified atom stereocenters. The molecule has 2 amide bonds. The third-order valence-electron chi connectivity index (χ3n) is 4.66. The average Bonchev–Trinajstić information content (AvgIpc) is 2.61. The number of likely N-dealkylation sites (N-methyl/N-ethyl adjacent to an activating group) is 1. The first-order chi connectivity index (χ1) is 12.4. The zero-order valence-electron chi connectivity index (χ0n) is 15.9. The smallest absolute Gasteiger partial charge is 0.224 e. The Morgan fingerprint density at radius 2 is 1.77 bits per heavy atom. The molecule has 2 rings (SSSR count). The molecule has 0 aliphatic carbocycles. The summed E-state index contributed by atoms with van der Waals surface area (Å²) in [5.74, 6) is 0.136. The monoisotopic (exact) mass is 380 g/mol. The topological polar surface area (TPSA) is 47.1 Å². The van der Waals surface area contributed by atoms with E-state index < -0.39 is 0 Å². The number of hydrogen-bond acceptors (Lipinski definition) is 4. The van der Waals surface area contributed by atoms with Gasteiger partial charge in [-0.2, -0.15) is 0 Å². The molecule has 144 valence electrons. The number of carbonyl (C=O) groups is 2. The minimum absolute atomic E-state index is 0.0189. The lowest BCUT2D eigenvalue weighted by Crippen LogP contribution is -2.49. The van der Waals surface area contributed by atoms with Crippen LogP contribution in [0.25, 0.3) is 0 Å². The number of hydrogen-bond donors (Lipinski definition) is 0. The minimum Gasteiger partial charge on any atom is -0.368 e. The van der Waals surface area contributed by atoms with E-state index in [1.54, 1.807) is 11.8 Å². The first-order valence-corrected chi connectivity index (χ1v) is 9.43. The van der Waals surface area contributed by atoms with Crippen LogP contribution in [0.3, 0.4) is 0 Å². The van der Waals surface area contributed by atoms with Gasteiger partial charge in [-0.1, -0.05) is 17.7 Å². The summed E-state index contributed by atoms with van der Waals surface area (Å²) in [6.45, 7) is 6.48. The average molecular weight is 381 g/mol. The molecule has 0 bridgehead atoms. The Morgan fingerprint density at radius 3 is 2.35 bits per heavy atom. The predicted molar refractivity (Wildman–Crippen MR) is 106 cm³/mol. The van der Waals surface area contributed by atoms with Crippen LogP contribution in [-0.2, 0) is 9.59 Å². The molecular weight excluding hydrogens is 352 g/mol. The molecule has 1 fully saturated rings. The van der Waals surface area contributed by atoms with Gasteiger partial charge in [0.2, 0.25) is 11.8 Å². The predicted octanol–water partition coefficient (Wildman–Crippen LogP) is 1.79. The Hall–Kier alpha value is -1.79. The van der Waals surface area contributed by atoms with Crippen molar-refractivity contribution in [2.24, 2.45) is 0 Å². The lowest BCUT2D eigenvalue weighted by molar-refractivity contribution is -0.133. The zero-order valence-corrected chi connectivity index (χ0v) is 16.7. The fourth-order valence-corrected chi connectivity index (χ4v) is 3.21. The molecule has 1 saturated heterocycles. The van der Waals surface area contributed by atoms with E-state index >= 15 is 0 Å². The van der Waals surface area contributed by atoms with E-state index in [4.69, 9.17) is 11.6 Å². The van der Waals surface area contributed by atoms with Crippen LogP contribution in [0, 0.1) is 0 Å². The highest BCUT2D eigenvalue weighted by atomic mass is 35.5. The molecule has 0 radical (unpaired) electrons. The molecule has 1 aliphatic rings. The molecule has 0 aromatic heterocycles. The van der Waals surface area contributed by atoms with Gasteiger partial charge in [-0.25, -0.2) is 0 Å². The van der Waals surface area contributed by atoms with Crippen molar-refractivity contribution in [2.45, 2.75) is 13.3 Å². The van der Waals surface area contributed by atoms with Gasteiger partial charge in [0.05, 0.1) is 0 Å². The zero-order chi connectivity index (χ0) is 19.1. The van der Waals surface area contributed by atoms with Crippen LogP contribution in [-0.4, -0.2) is 86.4 Å². The Morgan fingerprint density at radius 1 is 1.08 bits per heavy atom. The maximum Gasteiger partial charge on any atom is 0.224 e. The summed E-state index contributed by atoms with van der Waals surface area (Å²) < 4.78 is 0. The van der Waals surface area contributed by atoms with Crippen molar-refractivity contribution >= 4 is 29.1 Å². The van der Waals surface area contributed by atoms with Crippen molar-refractivity contribution in [3.05, 3.63) is 29.3 Å². The molecule has 0 N–H and O–H groups in total. The Balaban J connectivity index is 1.79. The van der Waals surface area contributed by atoms with Crippen LogP contribution in [0.2, 0.25) is 5.02 Å². The number of carbonyl (C=O) groups excluding carboxylic acids is 2. The van der Waals surface area contributed by atoms with E-state index in [1.807, 2.05) is 48.2 Å². The van der Waals surface area contributed by atoms with E-state index in [2.05, 4.69) is 4.90 Å². The molecule has 6 nitrogen and oxygen atoms in total. The van der Waals surface area contributed by atoms with Crippen LogP contribution in [0.4, 0.5) is 5.69 Å². The lowest BCUT2D eigenvalue weighted by atomic mass is 10.2. The van der Waals surface area contributed by atoms with E-state index in [0.29, 0.717) is 32.6 Å². The van der Waals surface area contributed by atoms with E-state index in [9.17, 15) is 9.59 Å². The number of benzene rings is 1. The second-order valence-corrected chi connectivity index (χ2v) is 7.34. The summed E-state index contributed by atoms with van der Waals surface area (Å²) in [6, 6.07) is 7.80. The van der Waals surface area contributed by atoms with Crippen LogP contribution in [0.5, 0.6) is 0 Å². The summed E-state index contributed by atoms with van der Waals surface area (Å²) in [5.41, 5.74) is 1.09. The Kier molecular flexibility index (Phi) is 7.72. The normalized spacial score (nSPS) is 14.7. The molecule has 1 aliphatic heterocycles. The van der Waals surface area contributed by atoms with Gasteiger partial charge < -0.3 is 19.6 Å². The largest absolute Gasteiger partial charge is 0.368 e. The summed E-state index contributed by atoms with van der Waals surface area (Å²) in [5, 5.41) is 0.725. The lowest BCUT2D eigenvalue weighted by Gasteiger charge is -2.36. The van der Waals surface area contributed by atoms with Crippen LogP contribution >= 0.6 is 11.6 Å². The molecule has 0 atom stereocenters. The van der Waals surface area contributed by atoms with Crippen LogP contribution < -0.4 is 4.90 Å². The first kappa shape index (κ1) is 20.5. The van der Waals surface area contributed by atoms with E-state index in [0.717, 1.165) is 30.3 Å². The second kappa shape index (κ2) is 9.78. The fraction of sp³-hybridized carbons (Fsp3) is 0.579. The Bertz CT molecular complexity index is 615. The fourth-order valence-electron chi connectivity index (χ4n) is 3.02. The third kappa shape index (κ3) is 6.18. The van der Waals surface area contributed by atoms with E-state index in [1.165, 1.54) is 0 Å². The standard InChI is InChI=1S/C19H29ClN4O2/c1-16(25)22(10-9-21(2)3)8-7-19(26)24-13-11-23(12-14-24)18-6-4-5-17(20)15-18/h4-6,15H,7-14H2,1-3H3. The van der Waals surface area contributed by atoms with Gasteiger partial charge in [-0.15, -0.1) is 0 Å². The molecule has 26 heavy (non-hydrogen) atoms. The highest BCUT2D eigenvalue weighted by Crippen LogP contribution is 2.20. The number of halogens is 1.